The predicted molar refractivity (Wildman–Crippen MR) is 98.6 cm³/mol. The normalized spacial score (nSPS) is 12.2. The summed E-state index contributed by atoms with van der Waals surface area (Å²) in [6.07, 6.45) is 1.66. The van der Waals surface area contributed by atoms with Gasteiger partial charge in [-0.15, -0.1) is 0 Å². The number of furan rings is 1. The number of hydrogen-bond donors (Lipinski definition) is 1. The zero-order valence-electron chi connectivity index (χ0n) is 13.8. The number of benzene rings is 2. The van der Waals surface area contributed by atoms with Crippen LogP contribution in [0.3, 0.4) is 0 Å². The molecule has 4 rings (SSSR count). The van der Waals surface area contributed by atoms with Crippen LogP contribution in [0.2, 0.25) is 5.02 Å². The number of hydrogen-bond acceptors (Lipinski definition) is 5. The van der Waals surface area contributed by atoms with Crippen molar-refractivity contribution in [3.05, 3.63) is 95.2 Å². The molecule has 6 heteroatoms. The largest absolute Gasteiger partial charge is 0.467 e. The highest BCUT2D eigenvalue weighted by atomic mass is 35.5. The average Bonchev–Trinajstić information content (AvgIpc) is 3.36. The van der Waals surface area contributed by atoms with Gasteiger partial charge in [-0.3, -0.25) is 5.32 Å². The molecular weight excluding hydrogens is 350 g/mol. The first-order valence-electron chi connectivity index (χ1n) is 8.20. The van der Waals surface area contributed by atoms with Gasteiger partial charge in [0.2, 0.25) is 11.7 Å². The number of nitrogens with zero attached hydrogens (tertiary/aromatic N) is 2. The molecule has 0 aliphatic carbocycles. The summed E-state index contributed by atoms with van der Waals surface area (Å²) in [6, 6.07) is 21.1. The summed E-state index contributed by atoms with van der Waals surface area (Å²) in [4.78, 5) is 4.44. The molecule has 0 fully saturated rings. The maximum atomic E-state index is 5.91. The molecule has 26 heavy (non-hydrogen) atoms. The van der Waals surface area contributed by atoms with Gasteiger partial charge in [0.05, 0.1) is 18.8 Å². The standard InChI is InChI=1S/C20H16ClN3O2/c21-16-10-8-15(9-11-16)20-23-18(26-24-20)13-22-19(17-7-4-12-25-17)14-5-2-1-3-6-14/h1-12,19,22H,13H2/t19-/m1/s1. The van der Waals surface area contributed by atoms with Crippen LogP contribution in [0.15, 0.2) is 81.9 Å². The molecular formula is C20H16ClN3O2. The fraction of sp³-hybridized carbons (Fsp3) is 0.100. The monoisotopic (exact) mass is 365 g/mol. The third-order valence-corrected chi connectivity index (χ3v) is 4.24. The van der Waals surface area contributed by atoms with E-state index in [9.17, 15) is 0 Å². The molecule has 0 unspecified atom stereocenters. The van der Waals surface area contributed by atoms with E-state index < -0.39 is 0 Å². The zero-order valence-corrected chi connectivity index (χ0v) is 14.6. The first-order chi connectivity index (χ1) is 12.8. The lowest BCUT2D eigenvalue weighted by molar-refractivity contribution is 0.355. The third-order valence-electron chi connectivity index (χ3n) is 3.99. The molecule has 0 radical (unpaired) electrons. The zero-order chi connectivity index (χ0) is 17.8. The molecule has 0 saturated carbocycles. The van der Waals surface area contributed by atoms with Crippen molar-refractivity contribution in [2.24, 2.45) is 0 Å². The first kappa shape index (κ1) is 16.6. The summed E-state index contributed by atoms with van der Waals surface area (Å²) in [6.45, 7) is 0.418. The molecule has 130 valence electrons. The SMILES string of the molecule is Clc1ccc(-c2noc(CN[C@H](c3ccccc3)c3ccco3)n2)cc1. The second-order valence-electron chi connectivity index (χ2n) is 5.76. The smallest absolute Gasteiger partial charge is 0.240 e. The Balaban J connectivity index is 1.51. The van der Waals surface area contributed by atoms with Crippen molar-refractivity contribution in [3.8, 4) is 11.4 Å². The highest BCUT2D eigenvalue weighted by Crippen LogP contribution is 2.23. The van der Waals surface area contributed by atoms with Crippen LogP contribution in [-0.2, 0) is 6.54 Å². The fourth-order valence-corrected chi connectivity index (χ4v) is 2.84. The minimum atomic E-state index is -0.0999. The first-order valence-corrected chi connectivity index (χ1v) is 8.57. The summed E-state index contributed by atoms with van der Waals surface area (Å²) in [5.41, 5.74) is 1.95. The Morgan fingerprint density at radius 1 is 0.962 bits per heavy atom. The Morgan fingerprint density at radius 2 is 1.77 bits per heavy atom. The number of rotatable bonds is 6. The van der Waals surface area contributed by atoms with Crippen LogP contribution in [0.1, 0.15) is 23.3 Å². The summed E-state index contributed by atoms with van der Waals surface area (Å²) in [5, 5.41) is 8.12. The number of nitrogens with one attached hydrogen (secondary N) is 1. The minimum absolute atomic E-state index is 0.0999. The summed E-state index contributed by atoms with van der Waals surface area (Å²) >= 11 is 5.91. The van der Waals surface area contributed by atoms with Gasteiger partial charge < -0.3 is 8.94 Å². The van der Waals surface area contributed by atoms with E-state index in [-0.39, 0.29) is 6.04 Å². The van der Waals surface area contributed by atoms with Crippen LogP contribution in [0.5, 0.6) is 0 Å². The summed E-state index contributed by atoms with van der Waals surface area (Å²) in [5.74, 6) is 1.86. The maximum Gasteiger partial charge on any atom is 0.240 e. The summed E-state index contributed by atoms with van der Waals surface area (Å²) < 4.78 is 10.9. The van der Waals surface area contributed by atoms with Crippen molar-refractivity contribution in [3.63, 3.8) is 0 Å². The van der Waals surface area contributed by atoms with Gasteiger partial charge in [0, 0.05) is 10.6 Å². The number of aromatic nitrogens is 2. The van der Waals surface area contributed by atoms with Gasteiger partial charge >= 0.3 is 0 Å². The highest BCUT2D eigenvalue weighted by Gasteiger charge is 2.18. The lowest BCUT2D eigenvalue weighted by Gasteiger charge is -2.15. The Kier molecular flexibility index (Phi) is 4.82. The Bertz CT molecular complexity index is 950. The second-order valence-corrected chi connectivity index (χ2v) is 6.20. The molecule has 0 bridgehead atoms. The predicted octanol–water partition coefficient (Wildman–Crippen LogP) is 4.86. The fourth-order valence-electron chi connectivity index (χ4n) is 2.72. The lowest BCUT2D eigenvalue weighted by Crippen LogP contribution is -2.21. The van der Waals surface area contributed by atoms with Crippen LogP contribution in [0.25, 0.3) is 11.4 Å². The van der Waals surface area contributed by atoms with E-state index >= 15 is 0 Å². The van der Waals surface area contributed by atoms with Crippen LogP contribution < -0.4 is 5.32 Å². The number of halogens is 1. The van der Waals surface area contributed by atoms with E-state index in [0.29, 0.717) is 23.3 Å². The average molecular weight is 366 g/mol. The van der Waals surface area contributed by atoms with Gasteiger partial charge in [-0.1, -0.05) is 47.1 Å². The van der Waals surface area contributed by atoms with Gasteiger partial charge in [-0.2, -0.15) is 4.98 Å². The molecule has 1 N–H and O–H groups in total. The molecule has 0 amide bonds. The minimum Gasteiger partial charge on any atom is -0.467 e. The van der Waals surface area contributed by atoms with Gasteiger partial charge in [-0.25, -0.2) is 0 Å². The van der Waals surface area contributed by atoms with E-state index in [1.807, 2.05) is 54.6 Å². The molecule has 4 aromatic rings. The molecule has 2 heterocycles. The van der Waals surface area contributed by atoms with E-state index in [2.05, 4.69) is 15.5 Å². The molecule has 0 saturated heterocycles. The van der Waals surface area contributed by atoms with Gasteiger partial charge in [0.25, 0.3) is 0 Å². The molecule has 2 aromatic carbocycles. The Hall–Kier alpha value is -2.89. The van der Waals surface area contributed by atoms with Crippen molar-refractivity contribution >= 4 is 11.6 Å². The molecule has 2 aromatic heterocycles. The van der Waals surface area contributed by atoms with Crippen molar-refractivity contribution in [2.75, 3.05) is 0 Å². The quantitative estimate of drug-likeness (QED) is 0.528. The topological polar surface area (TPSA) is 64.1 Å². The lowest BCUT2D eigenvalue weighted by atomic mass is 10.0. The second kappa shape index (κ2) is 7.56. The van der Waals surface area contributed by atoms with Crippen molar-refractivity contribution in [1.29, 1.82) is 0 Å². The molecule has 0 spiro atoms. The Labute approximate surface area is 155 Å². The van der Waals surface area contributed by atoms with Crippen molar-refractivity contribution in [2.45, 2.75) is 12.6 Å². The summed E-state index contributed by atoms with van der Waals surface area (Å²) in [7, 11) is 0. The van der Waals surface area contributed by atoms with Gasteiger partial charge in [0.15, 0.2) is 0 Å². The molecule has 5 nitrogen and oxygen atoms in total. The van der Waals surface area contributed by atoms with E-state index in [0.717, 1.165) is 16.9 Å². The third kappa shape index (κ3) is 3.69. The van der Waals surface area contributed by atoms with Crippen LogP contribution in [0, 0.1) is 0 Å². The van der Waals surface area contributed by atoms with E-state index in [1.165, 1.54) is 0 Å². The molecule has 0 aliphatic heterocycles. The van der Waals surface area contributed by atoms with Crippen molar-refractivity contribution in [1.82, 2.24) is 15.5 Å². The van der Waals surface area contributed by atoms with E-state index in [1.54, 1.807) is 18.4 Å². The molecule has 1 atom stereocenters. The van der Waals surface area contributed by atoms with Gasteiger partial charge in [-0.05, 0) is 42.0 Å². The highest BCUT2D eigenvalue weighted by molar-refractivity contribution is 6.30. The van der Waals surface area contributed by atoms with Crippen molar-refractivity contribution < 1.29 is 8.94 Å². The van der Waals surface area contributed by atoms with Crippen LogP contribution in [0.4, 0.5) is 0 Å². The van der Waals surface area contributed by atoms with Gasteiger partial charge in [0.1, 0.15) is 5.76 Å². The Morgan fingerprint density at radius 3 is 2.50 bits per heavy atom. The van der Waals surface area contributed by atoms with Crippen LogP contribution in [-0.4, -0.2) is 10.1 Å². The van der Waals surface area contributed by atoms with Crippen LogP contribution >= 0.6 is 11.6 Å². The molecule has 0 aliphatic rings. The van der Waals surface area contributed by atoms with E-state index in [4.69, 9.17) is 20.5 Å². The maximum absolute atomic E-state index is 5.91.